The molecule has 0 bridgehead atoms. The average Bonchev–Trinajstić information content (AvgIpc) is 2.46. The molecule has 2 rings (SSSR count). The predicted octanol–water partition coefficient (Wildman–Crippen LogP) is -1.13. The first-order valence-electron chi connectivity index (χ1n) is 5.60. The maximum atomic E-state index is 11.1. The molecule has 104 valence electrons. The van der Waals surface area contributed by atoms with E-state index in [0.717, 1.165) is 0 Å². The number of nitrogens with two attached hydrogens (primary N) is 1. The minimum atomic E-state index is -0.589. The van der Waals surface area contributed by atoms with Gasteiger partial charge in [-0.3, -0.25) is 10.1 Å². The molecular weight excluding hydrogens is 256 g/mol. The van der Waals surface area contributed by atoms with Crippen LogP contribution in [-0.4, -0.2) is 52.4 Å². The summed E-state index contributed by atoms with van der Waals surface area (Å²) in [4.78, 5) is 19.9. The Morgan fingerprint density at radius 3 is 3.11 bits per heavy atom. The number of nitro groups is 1. The Morgan fingerprint density at radius 1 is 1.68 bits per heavy atom. The molecule has 1 unspecified atom stereocenters. The van der Waals surface area contributed by atoms with E-state index in [9.17, 15) is 10.1 Å². The van der Waals surface area contributed by atoms with Crippen molar-refractivity contribution in [2.24, 2.45) is 5.84 Å². The number of hydrogen-bond acceptors (Lipinski definition) is 9. The highest BCUT2D eigenvalue weighted by atomic mass is 16.6. The molecule has 19 heavy (non-hydrogen) atoms. The third kappa shape index (κ3) is 2.70. The summed E-state index contributed by atoms with van der Waals surface area (Å²) in [6.07, 6.45) is 0.804. The number of aliphatic hydroxyl groups is 1. The van der Waals surface area contributed by atoms with Crippen LogP contribution >= 0.6 is 0 Å². The minimum absolute atomic E-state index is 0.0537. The van der Waals surface area contributed by atoms with Gasteiger partial charge in [-0.1, -0.05) is 0 Å². The molecule has 1 saturated heterocycles. The highest BCUT2D eigenvalue weighted by Gasteiger charge is 2.30. The highest BCUT2D eigenvalue weighted by Crippen LogP contribution is 2.31. The summed E-state index contributed by atoms with van der Waals surface area (Å²) in [5, 5.41) is 20.2. The van der Waals surface area contributed by atoms with E-state index in [1.165, 1.54) is 6.33 Å². The number of hydrogen-bond donors (Lipinski definition) is 3. The van der Waals surface area contributed by atoms with E-state index in [1.807, 2.05) is 0 Å². The van der Waals surface area contributed by atoms with Crippen LogP contribution in [0.15, 0.2) is 6.33 Å². The number of anilines is 2. The first-order valence-corrected chi connectivity index (χ1v) is 5.60. The van der Waals surface area contributed by atoms with Gasteiger partial charge >= 0.3 is 5.69 Å². The van der Waals surface area contributed by atoms with E-state index in [0.29, 0.717) is 19.7 Å². The maximum absolute atomic E-state index is 11.1. The Kier molecular flexibility index (Phi) is 4.04. The van der Waals surface area contributed by atoms with Crippen LogP contribution < -0.4 is 16.2 Å². The summed E-state index contributed by atoms with van der Waals surface area (Å²) in [5.41, 5.74) is 1.89. The van der Waals surface area contributed by atoms with Crippen LogP contribution in [0.5, 0.6) is 0 Å². The van der Waals surface area contributed by atoms with Crippen molar-refractivity contribution < 1.29 is 14.8 Å². The van der Waals surface area contributed by atoms with Gasteiger partial charge in [0.1, 0.15) is 6.33 Å². The molecule has 10 heteroatoms. The van der Waals surface area contributed by atoms with E-state index in [2.05, 4.69) is 15.4 Å². The topological polar surface area (TPSA) is 140 Å². The van der Waals surface area contributed by atoms with Gasteiger partial charge in [-0.25, -0.2) is 15.8 Å². The summed E-state index contributed by atoms with van der Waals surface area (Å²) in [7, 11) is 0. The molecular formula is C9H14N6O4. The van der Waals surface area contributed by atoms with Gasteiger partial charge < -0.3 is 20.2 Å². The fraction of sp³-hybridized carbons (Fsp3) is 0.556. The zero-order valence-electron chi connectivity index (χ0n) is 10.0. The molecule has 0 aromatic carbocycles. The summed E-state index contributed by atoms with van der Waals surface area (Å²) in [6.45, 7) is 0.964. The number of nitrogens with zero attached hydrogens (tertiary/aromatic N) is 4. The second-order valence-corrected chi connectivity index (χ2v) is 3.92. The third-order valence-corrected chi connectivity index (χ3v) is 2.76. The molecule has 0 radical (unpaired) electrons. The van der Waals surface area contributed by atoms with Crippen LogP contribution in [0.2, 0.25) is 0 Å². The molecule has 10 nitrogen and oxygen atoms in total. The third-order valence-electron chi connectivity index (χ3n) is 2.76. The second kappa shape index (κ2) is 5.73. The van der Waals surface area contributed by atoms with Crippen LogP contribution in [-0.2, 0) is 4.74 Å². The number of aliphatic hydroxyl groups excluding tert-OH is 1. The number of nitrogen functional groups attached to an aromatic ring is 1. The van der Waals surface area contributed by atoms with Crippen molar-refractivity contribution in [1.82, 2.24) is 9.97 Å². The molecule has 2 heterocycles. The summed E-state index contributed by atoms with van der Waals surface area (Å²) >= 11 is 0. The molecule has 0 amide bonds. The van der Waals surface area contributed by atoms with Gasteiger partial charge in [0.05, 0.1) is 24.2 Å². The van der Waals surface area contributed by atoms with Gasteiger partial charge in [-0.05, 0) is 0 Å². The number of morpholine rings is 1. The van der Waals surface area contributed by atoms with Crippen molar-refractivity contribution in [2.45, 2.75) is 6.10 Å². The van der Waals surface area contributed by atoms with Crippen LogP contribution in [0.4, 0.5) is 17.3 Å². The SMILES string of the molecule is NNc1ncnc(N2CCOC(CO)C2)c1[N+](=O)[O-]. The average molecular weight is 270 g/mol. The van der Waals surface area contributed by atoms with Crippen LogP contribution in [0.1, 0.15) is 0 Å². The Balaban J connectivity index is 2.35. The molecule has 0 aliphatic carbocycles. The smallest absolute Gasteiger partial charge is 0.354 e. The number of aromatic nitrogens is 2. The molecule has 0 spiro atoms. The number of nitrogens with one attached hydrogen (secondary N) is 1. The van der Waals surface area contributed by atoms with Crippen molar-refractivity contribution in [3.8, 4) is 0 Å². The number of ether oxygens (including phenoxy) is 1. The zero-order chi connectivity index (χ0) is 13.8. The van der Waals surface area contributed by atoms with Gasteiger partial charge in [-0.15, -0.1) is 0 Å². The zero-order valence-corrected chi connectivity index (χ0v) is 10.0. The minimum Gasteiger partial charge on any atom is -0.394 e. The van der Waals surface area contributed by atoms with Gasteiger partial charge in [0, 0.05) is 13.1 Å². The lowest BCUT2D eigenvalue weighted by atomic mass is 10.2. The van der Waals surface area contributed by atoms with Crippen molar-refractivity contribution in [1.29, 1.82) is 0 Å². The van der Waals surface area contributed by atoms with Crippen LogP contribution in [0, 0.1) is 10.1 Å². The largest absolute Gasteiger partial charge is 0.394 e. The Bertz CT molecular complexity index is 470. The maximum Gasteiger partial charge on any atom is 0.354 e. The van der Waals surface area contributed by atoms with E-state index in [-0.39, 0.29) is 23.9 Å². The normalized spacial score (nSPS) is 19.3. The van der Waals surface area contributed by atoms with E-state index >= 15 is 0 Å². The Labute approximate surface area is 108 Å². The van der Waals surface area contributed by atoms with Crippen molar-refractivity contribution in [3.63, 3.8) is 0 Å². The Hall–Kier alpha value is -2.04. The molecule has 4 N–H and O–H groups in total. The van der Waals surface area contributed by atoms with E-state index < -0.39 is 11.0 Å². The molecule has 0 saturated carbocycles. The lowest BCUT2D eigenvalue weighted by Crippen LogP contribution is -2.44. The first-order chi connectivity index (χ1) is 9.17. The number of hydrazine groups is 1. The van der Waals surface area contributed by atoms with Gasteiger partial charge in [-0.2, -0.15) is 0 Å². The molecule has 1 fully saturated rings. The standard InChI is InChI=1S/C9H14N6O4/c10-13-8-7(15(17)18)9(12-5-11-8)14-1-2-19-6(3-14)4-16/h5-6,16H,1-4,10H2,(H,11,12,13). The molecule has 1 aromatic heterocycles. The van der Waals surface area contributed by atoms with Gasteiger partial charge in [0.25, 0.3) is 0 Å². The predicted molar refractivity (Wildman–Crippen MR) is 65.5 cm³/mol. The fourth-order valence-electron chi connectivity index (χ4n) is 1.90. The lowest BCUT2D eigenvalue weighted by Gasteiger charge is -2.32. The fourth-order valence-corrected chi connectivity index (χ4v) is 1.90. The summed E-state index contributed by atoms with van der Waals surface area (Å²) < 4.78 is 5.29. The van der Waals surface area contributed by atoms with Crippen molar-refractivity contribution in [3.05, 3.63) is 16.4 Å². The molecule has 1 aliphatic heterocycles. The van der Waals surface area contributed by atoms with Crippen molar-refractivity contribution >= 4 is 17.3 Å². The number of rotatable bonds is 4. The molecule has 1 aromatic rings. The Morgan fingerprint density at radius 2 is 2.47 bits per heavy atom. The monoisotopic (exact) mass is 270 g/mol. The first kappa shape index (κ1) is 13.4. The lowest BCUT2D eigenvalue weighted by molar-refractivity contribution is -0.383. The van der Waals surface area contributed by atoms with E-state index in [4.69, 9.17) is 15.7 Å². The van der Waals surface area contributed by atoms with Gasteiger partial charge in [0.15, 0.2) is 0 Å². The molecule has 1 atom stereocenters. The second-order valence-electron chi connectivity index (χ2n) is 3.92. The summed E-state index contributed by atoms with van der Waals surface area (Å²) in [5.74, 6) is 5.32. The van der Waals surface area contributed by atoms with E-state index in [1.54, 1.807) is 4.90 Å². The molecule has 1 aliphatic rings. The summed E-state index contributed by atoms with van der Waals surface area (Å²) in [6, 6.07) is 0. The van der Waals surface area contributed by atoms with Crippen LogP contribution in [0.3, 0.4) is 0 Å². The van der Waals surface area contributed by atoms with Crippen molar-refractivity contribution in [2.75, 3.05) is 36.6 Å². The van der Waals surface area contributed by atoms with Gasteiger partial charge in [0.2, 0.25) is 11.6 Å². The van der Waals surface area contributed by atoms with Crippen LogP contribution in [0.25, 0.3) is 0 Å². The highest BCUT2D eigenvalue weighted by molar-refractivity contribution is 5.70. The quantitative estimate of drug-likeness (QED) is 0.352.